The highest BCUT2D eigenvalue weighted by Gasteiger charge is 2.12. The summed E-state index contributed by atoms with van der Waals surface area (Å²) in [4.78, 5) is 12.4. The second kappa shape index (κ2) is 9.65. The third-order valence-corrected chi connectivity index (χ3v) is 4.31. The normalized spacial score (nSPS) is 11.1. The van der Waals surface area contributed by atoms with E-state index in [0.717, 1.165) is 16.8 Å². The molecule has 2 rings (SSSR count). The molecule has 134 valence electrons. The Morgan fingerprint density at radius 2 is 1.88 bits per heavy atom. The molecule has 0 bridgehead atoms. The van der Waals surface area contributed by atoms with Gasteiger partial charge in [-0.2, -0.15) is 5.26 Å². The maximum Gasteiger partial charge on any atom is 0.267 e. The minimum atomic E-state index is -0.425. The number of nitrogens with one attached hydrogen (secondary N) is 2. The summed E-state index contributed by atoms with van der Waals surface area (Å²) < 4.78 is 0. The van der Waals surface area contributed by atoms with Crippen molar-refractivity contribution in [3.05, 3.63) is 76.5 Å². The Morgan fingerprint density at radius 3 is 2.58 bits per heavy atom. The van der Waals surface area contributed by atoms with Crippen molar-refractivity contribution < 1.29 is 4.79 Å². The minimum absolute atomic E-state index is 0.0303. The molecule has 0 atom stereocenters. The van der Waals surface area contributed by atoms with Gasteiger partial charge in [-0.3, -0.25) is 4.79 Å². The van der Waals surface area contributed by atoms with Gasteiger partial charge in [0.2, 0.25) is 0 Å². The molecule has 0 spiro atoms. The molecule has 0 radical (unpaired) electrons. The molecule has 0 aliphatic heterocycles. The fraction of sp³-hybridized carbons (Fsp3) is 0.238. The van der Waals surface area contributed by atoms with Crippen LogP contribution >= 0.6 is 11.6 Å². The first-order valence-electron chi connectivity index (χ1n) is 8.50. The van der Waals surface area contributed by atoms with Crippen LogP contribution in [0.25, 0.3) is 0 Å². The van der Waals surface area contributed by atoms with Crippen LogP contribution in [-0.4, -0.2) is 12.5 Å². The number of carbonyl (C=O) groups is 1. The van der Waals surface area contributed by atoms with E-state index in [4.69, 9.17) is 11.6 Å². The van der Waals surface area contributed by atoms with E-state index in [2.05, 4.69) is 24.5 Å². The van der Waals surface area contributed by atoms with Crippen LogP contribution < -0.4 is 10.6 Å². The quantitative estimate of drug-likeness (QED) is 0.425. The third kappa shape index (κ3) is 5.37. The van der Waals surface area contributed by atoms with Gasteiger partial charge in [0.05, 0.1) is 0 Å². The van der Waals surface area contributed by atoms with Crippen LogP contribution in [0.4, 0.5) is 5.69 Å². The largest absolute Gasteiger partial charge is 0.389 e. The van der Waals surface area contributed by atoms with Gasteiger partial charge in [-0.05, 0) is 35.6 Å². The van der Waals surface area contributed by atoms with E-state index in [1.165, 1.54) is 6.20 Å². The summed E-state index contributed by atoms with van der Waals surface area (Å²) in [5.74, 6) is -0.152. The van der Waals surface area contributed by atoms with Crippen LogP contribution in [0, 0.1) is 11.3 Å². The van der Waals surface area contributed by atoms with Crippen molar-refractivity contribution in [1.29, 1.82) is 5.26 Å². The Labute approximate surface area is 159 Å². The van der Waals surface area contributed by atoms with Gasteiger partial charge in [-0.25, -0.2) is 0 Å². The Morgan fingerprint density at radius 1 is 1.19 bits per heavy atom. The molecule has 26 heavy (non-hydrogen) atoms. The van der Waals surface area contributed by atoms with Gasteiger partial charge in [0.1, 0.15) is 11.6 Å². The molecule has 0 fully saturated rings. The van der Waals surface area contributed by atoms with E-state index >= 15 is 0 Å². The molecular formula is C21H22ClN3O. The number of nitriles is 1. The number of carbonyl (C=O) groups excluding carboxylic acids is 1. The maximum absolute atomic E-state index is 12.4. The predicted octanol–water partition coefficient (Wildman–Crippen LogP) is 4.64. The standard InChI is InChI=1S/C21H22ClN3O/c1-15(2)18-8-4-6-10-20(18)25-21(26)17(13-23)14-24-12-11-16-7-3-5-9-19(16)22/h3-10,14-15,24H,11-12H2,1-2H3,(H,25,26)/b17-14-. The summed E-state index contributed by atoms with van der Waals surface area (Å²) in [7, 11) is 0. The lowest BCUT2D eigenvalue weighted by molar-refractivity contribution is -0.112. The predicted molar refractivity (Wildman–Crippen MR) is 106 cm³/mol. The van der Waals surface area contributed by atoms with Crippen LogP contribution in [0.5, 0.6) is 0 Å². The number of amides is 1. The topological polar surface area (TPSA) is 64.9 Å². The van der Waals surface area contributed by atoms with E-state index in [9.17, 15) is 10.1 Å². The number of para-hydroxylation sites is 1. The average Bonchev–Trinajstić information content (AvgIpc) is 2.63. The third-order valence-electron chi connectivity index (χ3n) is 3.94. The van der Waals surface area contributed by atoms with E-state index in [1.54, 1.807) is 0 Å². The first-order chi connectivity index (χ1) is 12.5. The molecular weight excluding hydrogens is 346 g/mol. The molecule has 0 saturated heterocycles. The Kier molecular flexibility index (Phi) is 7.25. The summed E-state index contributed by atoms with van der Waals surface area (Å²) in [6, 6.07) is 17.1. The zero-order chi connectivity index (χ0) is 18.9. The zero-order valence-electron chi connectivity index (χ0n) is 14.9. The van der Waals surface area contributed by atoms with Gasteiger partial charge in [0, 0.05) is 23.5 Å². The van der Waals surface area contributed by atoms with Crippen molar-refractivity contribution in [2.45, 2.75) is 26.2 Å². The number of benzene rings is 2. The van der Waals surface area contributed by atoms with E-state index in [0.29, 0.717) is 18.0 Å². The lowest BCUT2D eigenvalue weighted by Crippen LogP contribution is -2.18. The van der Waals surface area contributed by atoms with Crippen molar-refractivity contribution in [1.82, 2.24) is 5.32 Å². The molecule has 2 aromatic carbocycles. The highest BCUT2D eigenvalue weighted by molar-refractivity contribution is 6.31. The van der Waals surface area contributed by atoms with Gasteiger partial charge in [-0.1, -0.05) is 61.8 Å². The SMILES string of the molecule is CC(C)c1ccccc1NC(=O)/C(C#N)=C\NCCc1ccccc1Cl. The highest BCUT2D eigenvalue weighted by Crippen LogP contribution is 2.24. The fourth-order valence-electron chi connectivity index (χ4n) is 2.53. The molecule has 1 amide bonds. The molecule has 2 N–H and O–H groups in total. The lowest BCUT2D eigenvalue weighted by atomic mass is 10.0. The summed E-state index contributed by atoms with van der Waals surface area (Å²) >= 11 is 6.11. The van der Waals surface area contributed by atoms with Crippen molar-refractivity contribution in [3.63, 3.8) is 0 Å². The second-order valence-corrected chi connectivity index (χ2v) is 6.57. The van der Waals surface area contributed by atoms with Crippen LogP contribution in [0.1, 0.15) is 30.9 Å². The fourth-order valence-corrected chi connectivity index (χ4v) is 2.76. The molecule has 0 saturated carbocycles. The maximum atomic E-state index is 12.4. The summed E-state index contributed by atoms with van der Waals surface area (Å²) in [6.45, 7) is 4.69. The molecule has 0 aliphatic rings. The van der Waals surface area contributed by atoms with Crippen LogP contribution in [-0.2, 0) is 11.2 Å². The monoisotopic (exact) mass is 367 g/mol. The molecule has 5 heteroatoms. The van der Waals surface area contributed by atoms with Crippen molar-refractivity contribution >= 4 is 23.2 Å². The number of hydrogen-bond donors (Lipinski definition) is 2. The number of nitrogens with zero attached hydrogens (tertiary/aromatic N) is 1. The molecule has 4 nitrogen and oxygen atoms in total. The number of anilines is 1. The van der Waals surface area contributed by atoms with Gasteiger partial charge in [0.25, 0.3) is 5.91 Å². The van der Waals surface area contributed by atoms with Crippen LogP contribution in [0.15, 0.2) is 60.3 Å². The van der Waals surface area contributed by atoms with Gasteiger partial charge >= 0.3 is 0 Å². The molecule has 2 aromatic rings. The van der Waals surface area contributed by atoms with Crippen molar-refractivity contribution in [2.75, 3.05) is 11.9 Å². The number of hydrogen-bond acceptors (Lipinski definition) is 3. The number of halogens is 1. The first-order valence-corrected chi connectivity index (χ1v) is 8.88. The van der Waals surface area contributed by atoms with Crippen LogP contribution in [0.3, 0.4) is 0 Å². The second-order valence-electron chi connectivity index (χ2n) is 6.16. The highest BCUT2D eigenvalue weighted by atomic mass is 35.5. The molecule has 0 aromatic heterocycles. The molecule has 0 unspecified atom stereocenters. The Balaban J connectivity index is 1.97. The summed E-state index contributed by atoms with van der Waals surface area (Å²) in [5, 5.41) is 15.8. The van der Waals surface area contributed by atoms with Gasteiger partial charge < -0.3 is 10.6 Å². The van der Waals surface area contributed by atoms with Crippen molar-refractivity contribution in [3.8, 4) is 6.07 Å². The zero-order valence-corrected chi connectivity index (χ0v) is 15.7. The van der Waals surface area contributed by atoms with Crippen molar-refractivity contribution in [2.24, 2.45) is 0 Å². The van der Waals surface area contributed by atoms with E-state index in [1.807, 2.05) is 54.6 Å². The lowest BCUT2D eigenvalue weighted by Gasteiger charge is -2.13. The van der Waals surface area contributed by atoms with Gasteiger partial charge in [0.15, 0.2) is 0 Å². The minimum Gasteiger partial charge on any atom is -0.389 e. The van der Waals surface area contributed by atoms with Gasteiger partial charge in [-0.15, -0.1) is 0 Å². The van der Waals surface area contributed by atoms with E-state index < -0.39 is 5.91 Å². The molecule has 0 aliphatic carbocycles. The summed E-state index contributed by atoms with van der Waals surface area (Å²) in [6.07, 6.45) is 2.15. The Hall–Kier alpha value is -2.77. The number of rotatable bonds is 7. The Bertz CT molecular complexity index is 837. The first kappa shape index (κ1) is 19.6. The van der Waals surface area contributed by atoms with Crippen LogP contribution in [0.2, 0.25) is 5.02 Å². The average molecular weight is 368 g/mol. The molecule has 0 heterocycles. The van der Waals surface area contributed by atoms with E-state index in [-0.39, 0.29) is 11.5 Å². The summed E-state index contributed by atoms with van der Waals surface area (Å²) in [5.41, 5.74) is 2.81. The smallest absolute Gasteiger partial charge is 0.267 e.